The molecular formula is C29H36O. The molecule has 1 heteroatoms. The van der Waals surface area contributed by atoms with E-state index in [-0.39, 0.29) is 0 Å². The van der Waals surface area contributed by atoms with E-state index in [1.54, 1.807) is 0 Å². The van der Waals surface area contributed by atoms with Gasteiger partial charge in [0.2, 0.25) is 0 Å². The van der Waals surface area contributed by atoms with Crippen LogP contribution in [0, 0.1) is 0 Å². The molecule has 0 atom stereocenters. The van der Waals surface area contributed by atoms with Crippen molar-refractivity contribution in [1.82, 2.24) is 0 Å². The van der Waals surface area contributed by atoms with Crippen molar-refractivity contribution in [2.75, 3.05) is 6.61 Å². The Morgan fingerprint density at radius 1 is 0.567 bits per heavy atom. The van der Waals surface area contributed by atoms with Gasteiger partial charge in [-0.25, -0.2) is 0 Å². The maximum absolute atomic E-state index is 6.08. The van der Waals surface area contributed by atoms with Gasteiger partial charge in [-0.2, -0.15) is 0 Å². The van der Waals surface area contributed by atoms with E-state index < -0.39 is 0 Å². The Morgan fingerprint density at radius 2 is 1.13 bits per heavy atom. The van der Waals surface area contributed by atoms with Crippen LogP contribution >= 0.6 is 0 Å². The van der Waals surface area contributed by atoms with Gasteiger partial charge >= 0.3 is 0 Å². The summed E-state index contributed by atoms with van der Waals surface area (Å²) in [5.41, 5.74) is 1.31. The summed E-state index contributed by atoms with van der Waals surface area (Å²) >= 11 is 0. The molecule has 0 N–H and O–H groups in total. The Hall–Kier alpha value is -2.12. The Morgan fingerprint density at radius 3 is 1.83 bits per heavy atom. The first-order valence-electron chi connectivity index (χ1n) is 12.1. The molecule has 158 valence electrons. The van der Waals surface area contributed by atoms with Crippen molar-refractivity contribution in [2.45, 2.75) is 77.7 Å². The number of benzene rings is 4. The van der Waals surface area contributed by atoms with Gasteiger partial charge in [0.25, 0.3) is 0 Å². The summed E-state index contributed by atoms with van der Waals surface area (Å²) in [5.74, 6) is 0. The molecule has 0 unspecified atom stereocenters. The van der Waals surface area contributed by atoms with Gasteiger partial charge in [-0.15, -0.1) is 0 Å². The fraction of sp³-hybridized carbons (Fsp3) is 0.448. The molecule has 30 heavy (non-hydrogen) atoms. The number of hydrogen-bond acceptors (Lipinski definition) is 1. The zero-order valence-corrected chi connectivity index (χ0v) is 18.6. The summed E-state index contributed by atoms with van der Waals surface area (Å²) in [6, 6.07) is 20.1. The van der Waals surface area contributed by atoms with Crippen LogP contribution < -0.4 is 0 Å². The summed E-state index contributed by atoms with van der Waals surface area (Å²) in [6.07, 6.45) is 13.7. The molecule has 0 aliphatic carbocycles. The highest BCUT2D eigenvalue weighted by Gasteiger charge is 2.10. The van der Waals surface area contributed by atoms with E-state index in [0.717, 1.165) is 6.61 Å². The Bertz CT molecular complexity index is 1030. The zero-order chi connectivity index (χ0) is 20.6. The van der Waals surface area contributed by atoms with E-state index in [1.165, 1.54) is 102 Å². The second-order valence-electron chi connectivity index (χ2n) is 8.82. The van der Waals surface area contributed by atoms with Crippen LogP contribution in [-0.2, 0) is 11.3 Å². The average Bonchev–Trinajstić information content (AvgIpc) is 2.79. The van der Waals surface area contributed by atoms with Gasteiger partial charge in [0.05, 0.1) is 6.61 Å². The molecule has 0 fully saturated rings. The minimum Gasteiger partial charge on any atom is -0.377 e. The van der Waals surface area contributed by atoms with E-state index in [0.29, 0.717) is 6.61 Å². The van der Waals surface area contributed by atoms with E-state index in [9.17, 15) is 0 Å². The van der Waals surface area contributed by atoms with Gasteiger partial charge in [0.1, 0.15) is 0 Å². The second-order valence-corrected chi connectivity index (χ2v) is 8.82. The molecule has 0 aliphatic heterocycles. The molecule has 0 aromatic heterocycles. The molecule has 0 aliphatic rings. The molecule has 0 amide bonds. The highest BCUT2D eigenvalue weighted by molar-refractivity contribution is 6.23. The monoisotopic (exact) mass is 400 g/mol. The highest BCUT2D eigenvalue weighted by atomic mass is 16.5. The summed E-state index contributed by atoms with van der Waals surface area (Å²) < 4.78 is 6.08. The van der Waals surface area contributed by atoms with Crippen molar-refractivity contribution in [3.05, 3.63) is 60.2 Å². The average molecular weight is 401 g/mol. The van der Waals surface area contributed by atoms with E-state index >= 15 is 0 Å². The van der Waals surface area contributed by atoms with Crippen LogP contribution in [0.3, 0.4) is 0 Å². The Labute approximate surface area is 181 Å². The van der Waals surface area contributed by atoms with Gasteiger partial charge in [-0.1, -0.05) is 119 Å². The van der Waals surface area contributed by atoms with E-state index in [1.807, 2.05) is 0 Å². The molecule has 0 radical (unpaired) electrons. The van der Waals surface area contributed by atoms with Crippen LogP contribution in [0.5, 0.6) is 0 Å². The van der Waals surface area contributed by atoms with Gasteiger partial charge in [0, 0.05) is 6.61 Å². The van der Waals surface area contributed by atoms with Crippen LogP contribution in [0.25, 0.3) is 32.3 Å². The largest absolute Gasteiger partial charge is 0.377 e. The molecule has 0 saturated carbocycles. The van der Waals surface area contributed by atoms with Crippen molar-refractivity contribution in [3.63, 3.8) is 0 Å². The zero-order valence-electron chi connectivity index (χ0n) is 18.6. The van der Waals surface area contributed by atoms with E-state index in [2.05, 4.69) is 61.5 Å². The third-order valence-electron chi connectivity index (χ3n) is 6.52. The smallest absolute Gasteiger partial charge is 0.0722 e. The maximum atomic E-state index is 6.08. The molecule has 4 rings (SSSR count). The quantitative estimate of drug-likeness (QED) is 0.161. The van der Waals surface area contributed by atoms with Crippen molar-refractivity contribution >= 4 is 32.3 Å². The summed E-state index contributed by atoms with van der Waals surface area (Å²) in [6.45, 7) is 3.87. The third-order valence-corrected chi connectivity index (χ3v) is 6.52. The fourth-order valence-corrected chi connectivity index (χ4v) is 4.80. The molecule has 4 aromatic carbocycles. The SMILES string of the molecule is CCCCCCCCCCCCOCc1ccc2ccc3cccc4ccc1c2c34. The normalized spacial score (nSPS) is 11.9. The lowest BCUT2D eigenvalue weighted by molar-refractivity contribution is 0.117. The lowest BCUT2D eigenvalue weighted by Crippen LogP contribution is -1.97. The van der Waals surface area contributed by atoms with Gasteiger partial charge in [-0.3, -0.25) is 0 Å². The van der Waals surface area contributed by atoms with Crippen LogP contribution in [0.2, 0.25) is 0 Å². The second kappa shape index (κ2) is 10.8. The molecule has 0 saturated heterocycles. The van der Waals surface area contributed by atoms with Crippen LogP contribution in [0.15, 0.2) is 54.6 Å². The Balaban J connectivity index is 1.25. The molecule has 0 spiro atoms. The summed E-state index contributed by atoms with van der Waals surface area (Å²) in [7, 11) is 0. The number of ether oxygens (including phenoxy) is 1. The molecular weight excluding hydrogens is 364 g/mol. The van der Waals surface area contributed by atoms with Crippen molar-refractivity contribution in [1.29, 1.82) is 0 Å². The number of rotatable bonds is 13. The minimum absolute atomic E-state index is 0.714. The predicted molar refractivity (Wildman–Crippen MR) is 132 cm³/mol. The number of hydrogen-bond donors (Lipinski definition) is 0. The molecule has 0 heterocycles. The topological polar surface area (TPSA) is 9.23 Å². The first-order chi connectivity index (χ1) is 14.9. The predicted octanol–water partition coefficient (Wildman–Crippen LogP) is 9.02. The van der Waals surface area contributed by atoms with E-state index in [4.69, 9.17) is 4.74 Å². The van der Waals surface area contributed by atoms with Crippen molar-refractivity contribution in [2.24, 2.45) is 0 Å². The molecule has 4 aromatic rings. The minimum atomic E-state index is 0.714. The fourth-order valence-electron chi connectivity index (χ4n) is 4.80. The van der Waals surface area contributed by atoms with Gasteiger partial charge < -0.3 is 4.74 Å². The molecule has 1 nitrogen and oxygen atoms in total. The number of unbranched alkanes of at least 4 members (excludes halogenated alkanes) is 9. The van der Waals surface area contributed by atoms with Gasteiger partial charge in [-0.05, 0) is 44.3 Å². The first-order valence-corrected chi connectivity index (χ1v) is 12.1. The lowest BCUT2D eigenvalue weighted by atomic mass is 9.92. The van der Waals surface area contributed by atoms with Crippen LogP contribution in [-0.4, -0.2) is 6.61 Å². The summed E-state index contributed by atoms with van der Waals surface area (Å²) in [4.78, 5) is 0. The standard InChI is InChI=1S/C29H36O/c1-2-3-4-5-6-7-8-9-10-11-21-30-22-26-18-17-25-16-15-23-13-12-14-24-19-20-27(26)29(25)28(23)24/h12-20H,2-11,21-22H2,1H3. The first kappa shape index (κ1) is 21.1. The van der Waals surface area contributed by atoms with Crippen molar-refractivity contribution < 1.29 is 4.74 Å². The van der Waals surface area contributed by atoms with Crippen LogP contribution in [0.4, 0.5) is 0 Å². The van der Waals surface area contributed by atoms with Crippen LogP contribution in [0.1, 0.15) is 76.7 Å². The van der Waals surface area contributed by atoms with Gasteiger partial charge in [0.15, 0.2) is 0 Å². The molecule has 0 bridgehead atoms. The maximum Gasteiger partial charge on any atom is 0.0722 e. The highest BCUT2D eigenvalue weighted by Crippen LogP contribution is 2.36. The third kappa shape index (κ3) is 4.95. The van der Waals surface area contributed by atoms with Crippen molar-refractivity contribution in [3.8, 4) is 0 Å². The Kier molecular flexibility index (Phi) is 7.59. The summed E-state index contributed by atoms with van der Waals surface area (Å²) in [5, 5.41) is 8.12. The lowest BCUT2D eigenvalue weighted by Gasteiger charge is -2.14.